The number of alkyl halides is 6. The standard InChI is InChI=1S/C15H10F6.C2H6.CH4O/c16-14(17,18)13(15(19,20)21,11-7-3-1-4-8-11)12-9-5-2-6-10-12;2*1-2/h1-10H;1-2H3;2H,1H3. The Bertz CT molecular complexity index is 535. The highest BCUT2D eigenvalue weighted by molar-refractivity contribution is 5.43. The van der Waals surface area contributed by atoms with Crippen molar-refractivity contribution in [3.63, 3.8) is 0 Å². The highest BCUT2D eigenvalue weighted by atomic mass is 19.4. The second-order valence-corrected chi connectivity index (χ2v) is 4.48. The summed E-state index contributed by atoms with van der Waals surface area (Å²) in [6, 6.07) is 10.7. The molecule has 1 N–H and O–H groups in total. The average Bonchev–Trinajstić information content (AvgIpc) is 2.58. The Morgan fingerprint density at radius 3 is 1.00 bits per heavy atom. The van der Waals surface area contributed by atoms with Gasteiger partial charge in [-0.05, 0) is 11.1 Å². The number of benzene rings is 2. The molecule has 0 saturated carbocycles. The molecule has 0 aromatic heterocycles. The van der Waals surface area contributed by atoms with E-state index in [9.17, 15) is 26.3 Å². The smallest absolute Gasteiger partial charge is 0.400 e. The van der Waals surface area contributed by atoms with E-state index in [1.54, 1.807) is 0 Å². The van der Waals surface area contributed by atoms with Gasteiger partial charge in [0.15, 0.2) is 0 Å². The van der Waals surface area contributed by atoms with Gasteiger partial charge < -0.3 is 5.11 Å². The molecule has 2 aromatic carbocycles. The summed E-state index contributed by atoms with van der Waals surface area (Å²) in [5, 5.41) is 7.00. The Kier molecular flexibility index (Phi) is 8.70. The monoisotopic (exact) mass is 366 g/mol. The fraction of sp³-hybridized carbons (Fsp3) is 0.333. The first kappa shape index (κ1) is 23.0. The van der Waals surface area contributed by atoms with Crippen LogP contribution in [0.15, 0.2) is 60.7 Å². The highest BCUT2D eigenvalue weighted by Crippen LogP contribution is 2.55. The molecule has 2 rings (SSSR count). The molecular weight excluding hydrogens is 346 g/mol. The minimum absolute atomic E-state index is 0.841. The molecule has 0 aliphatic carbocycles. The van der Waals surface area contributed by atoms with Crippen LogP contribution in [0.1, 0.15) is 25.0 Å². The fourth-order valence-corrected chi connectivity index (χ4v) is 2.36. The van der Waals surface area contributed by atoms with Gasteiger partial charge >= 0.3 is 12.4 Å². The van der Waals surface area contributed by atoms with Crippen LogP contribution in [0.4, 0.5) is 26.3 Å². The fourth-order valence-electron chi connectivity index (χ4n) is 2.36. The number of hydrogen-bond acceptors (Lipinski definition) is 1. The molecule has 0 fully saturated rings. The summed E-state index contributed by atoms with van der Waals surface area (Å²) in [7, 11) is 1.00. The van der Waals surface area contributed by atoms with Gasteiger partial charge in [0.05, 0.1) is 0 Å². The van der Waals surface area contributed by atoms with Crippen molar-refractivity contribution >= 4 is 0 Å². The molecule has 140 valence electrons. The molecule has 0 bridgehead atoms. The van der Waals surface area contributed by atoms with Crippen LogP contribution in [-0.2, 0) is 5.41 Å². The SMILES string of the molecule is CC.CO.FC(F)(F)C(c1ccccc1)(c1ccccc1)C(F)(F)F. The Hall–Kier alpha value is -2.02. The van der Waals surface area contributed by atoms with Crippen LogP contribution in [0.2, 0.25) is 0 Å². The molecule has 0 heterocycles. The van der Waals surface area contributed by atoms with E-state index >= 15 is 0 Å². The molecular formula is C18H20F6O. The number of rotatable bonds is 2. The van der Waals surface area contributed by atoms with E-state index in [0.717, 1.165) is 55.6 Å². The van der Waals surface area contributed by atoms with Crippen molar-refractivity contribution in [2.24, 2.45) is 0 Å². The lowest BCUT2D eigenvalue weighted by atomic mass is 9.73. The van der Waals surface area contributed by atoms with Crippen LogP contribution in [0, 0.1) is 0 Å². The zero-order valence-electron chi connectivity index (χ0n) is 14.0. The van der Waals surface area contributed by atoms with E-state index in [1.165, 1.54) is 12.1 Å². The average molecular weight is 366 g/mol. The van der Waals surface area contributed by atoms with Gasteiger partial charge in [0.25, 0.3) is 0 Å². The Labute approximate surface area is 142 Å². The zero-order valence-corrected chi connectivity index (χ0v) is 14.0. The minimum Gasteiger partial charge on any atom is -0.400 e. The van der Waals surface area contributed by atoms with Crippen molar-refractivity contribution in [2.75, 3.05) is 7.11 Å². The van der Waals surface area contributed by atoms with Gasteiger partial charge in [-0.2, -0.15) is 26.3 Å². The number of aliphatic hydroxyl groups is 1. The molecule has 1 nitrogen and oxygen atoms in total. The van der Waals surface area contributed by atoms with Crippen molar-refractivity contribution in [3.05, 3.63) is 71.8 Å². The van der Waals surface area contributed by atoms with Gasteiger partial charge in [-0.25, -0.2) is 0 Å². The van der Waals surface area contributed by atoms with E-state index in [-0.39, 0.29) is 0 Å². The molecule has 0 atom stereocenters. The van der Waals surface area contributed by atoms with Gasteiger partial charge in [-0.3, -0.25) is 0 Å². The molecule has 25 heavy (non-hydrogen) atoms. The molecule has 0 aliphatic heterocycles. The third kappa shape index (κ3) is 4.54. The third-order valence-corrected chi connectivity index (χ3v) is 3.26. The van der Waals surface area contributed by atoms with Crippen LogP contribution < -0.4 is 0 Å². The van der Waals surface area contributed by atoms with Crippen LogP contribution in [-0.4, -0.2) is 24.6 Å². The Morgan fingerprint density at radius 1 is 0.560 bits per heavy atom. The predicted octanol–water partition coefficient (Wildman–Crippen LogP) is 5.73. The lowest BCUT2D eigenvalue weighted by molar-refractivity contribution is -0.288. The van der Waals surface area contributed by atoms with Crippen LogP contribution >= 0.6 is 0 Å². The van der Waals surface area contributed by atoms with Gasteiger partial charge in [-0.15, -0.1) is 0 Å². The maximum Gasteiger partial charge on any atom is 0.411 e. The van der Waals surface area contributed by atoms with Gasteiger partial charge in [-0.1, -0.05) is 74.5 Å². The Morgan fingerprint density at radius 2 is 0.800 bits per heavy atom. The van der Waals surface area contributed by atoms with Crippen molar-refractivity contribution in [3.8, 4) is 0 Å². The molecule has 0 saturated heterocycles. The van der Waals surface area contributed by atoms with E-state index in [4.69, 9.17) is 5.11 Å². The largest absolute Gasteiger partial charge is 0.411 e. The topological polar surface area (TPSA) is 20.2 Å². The third-order valence-electron chi connectivity index (χ3n) is 3.26. The number of aliphatic hydroxyl groups excluding tert-OH is 1. The molecule has 0 radical (unpaired) electrons. The second-order valence-electron chi connectivity index (χ2n) is 4.48. The molecule has 0 spiro atoms. The minimum atomic E-state index is -5.52. The number of hydrogen-bond donors (Lipinski definition) is 1. The van der Waals surface area contributed by atoms with Crippen LogP contribution in [0.3, 0.4) is 0 Å². The van der Waals surface area contributed by atoms with Crippen molar-refractivity contribution in [1.29, 1.82) is 0 Å². The number of halogens is 6. The summed E-state index contributed by atoms with van der Waals surface area (Å²) in [5.41, 5.74) is -5.74. The molecule has 0 unspecified atom stereocenters. The first-order valence-corrected chi connectivity index (χ1v) is 7.40. The predicted molar refractivity (Wildman–Crippen MR) is 85.3 cm³/mol. The highest BCUT2D eigenvalue weighted by Gasteiger charge is 2.72. The van der Waals surface area contributed by atoms with E-state index in [2.05, 4.69) is 0 Å². The van der Waals surface area contributed by atoms with E-state index < -0.39 is 28.9 Å². The summed E-state index contributed by atoms with van der Waals surface area (Å²) in [6.07, 6.45) is -11.0. The van der Waals surface area contributed by atoms with E-state index in [0.29, 0.717) is 0 Å². The maximum atomic E-state index is 13.5. The first-order chi connectivity index (χ1) is 11.7. The molecule has 0 amide bonds. The lowest BCUT2D eigenvalue weighted by Gasteiger charge is -2.38. The second kappa shape index (κ2) is 9.46. The van der Waals surface area contributed by atoms with Gasteiger partial charge in [0.2, 0.25) is 5.41 Å². The summed E-state index contributed by atoms with van der Waals surface area (Å²) < 4.78 is 81.1. The van der Waals surface area contributed by atoms with Crippen LogP contribution in [0.25, 0.3) is 0 Å². The molecule has 7 heteroatoms. The Balaban J connectivity index is 0.00000134. The lowest BCUT2D eigenvalue weighted by Crippen LogP contribution is -2.54. The van der Waals surface area contributed by atoms with Crippen molar-refractivity contribution in [2.45, 2.75) is 31.6 Å². The van der Waals surface area contributed by atoms with E-state index in [1.807, 2.05) is 13.8 Å². The van der Waals surface area contributed by atoms with Crippen molar-refractivity contribution in [1.82, 2.24) is 0 Å². The quantitative estimate of drug-likeness (QED) is 0.673. The van der Waals surface area contributed by atoms with Crippen LogP contribution in [0.5, 0.6) is 0 Å². The molecule has 0 aliphatic rings. The van der Waals surface area contributed by atoms with Gasteiger partial charge in [0.1, 0.15) is 0 Å². The zero-order chi connectivity index (χ0) is 19.7. The first-order valence-electron chi connectivity index (χ1n) is 7.40. The normalized spacial score (nSPS) is 11.6. The molecule has 2 aromatic rings. The van der Waals surface area contributed by atoms with Crippen molar-refractivity contribution < 1.29 is 31.4 Å². The van der Waals surface area contributed by atoms with Gasteiger partial charge in [0, 0.05) is 7.11 Å². The summed E-state index contributed by atoms with van der Waals surface area (Å²) in [5.74, 6) is 0. The maximum absolute atomic E-state index is 13.5. The summed E-state index contributed by atoms with van der Waals surface area (Å²) >= 11 is 0. The summed E-state index contributed by atoms with van der Waals surface area (Å²) in [4.78, 5) is 0. The summed E-state index contributed by atoms with van der Waals surface area (Å²) in [6.45, 7) is 4.00.